The van der Waals surface area contributed by atoms with E-state index in [4.69, 9.17) is 4.74 Å². The van der Waals surface area contributed by atoms with Crippen LogP contribution in [0.2, 0.25) is 0 Å². The standard InChI is InChI=1S/C28H34N2O3/c1-27(2,18-31)16-20-15-21(26(32)33-3)24-28(22-11-7-8-12-23(22)29-24)13-14-30(25(20)28)17-19-9-5-4-6-10-19/h4-12,20,25,29,31H,13-18H2,1-3H3/t20-,25-,28-/m1/s1. The highest BCUT2D eigenvalue weighted by Gasteiger charge is 2.61. The van der Waals surface area contributed by atoms with Crippen LogP contribution < -0.4 is 5.32 Å². The van der Waals surface area contributed by atoms with Crippen molar-refractivity contribution in [2.75, 3.05) is 25.6 Å². The lowest BCUT2D eigenvalue weighted by atomic mass is 9.61. The van der Waals surface area contributed by atoms with Crippen LogP contribution in [0.1, 0.15) is 44.2 Å². The number of fused-ring (bicyclic) bond motifs is 1. The lowest BCUT2D eigenvalue weighted by Crippen LogP contribution is -2.52. The minimum absolute atomic E-state index is 0.126. The molecule has 33 heavy (non-hydrogen) atoms. The van der Waals surface area contributed by atoms with Gasteiger partial charge < -0.3 is 15.2 Å². The summed E-state index contributed by atoms with van der Waals surface area (Å²) in [6.45, 7) is 6.21. The third kappa shape index (κ3) is 3.58. The van der Waals surface area contributed by atoms with Crippen LogP contribution >= 0.6 is 0 Å². The molecular formula is C28H34N2O3. The monoisotopic (exact) mass is 446 g/mol. The molecule has 0 radical (unpaired) electrons. The first kappa shape index (κ1) is 22.2. The molecule has 2 N–H and O–H groups in total. The minimum Gasteiger partial charge on any atom is -0.466 e. The van der Waals surface area contributed by atoms with E-state index in [1.165, 1.54) is 18.2 Å². The quantitative estimate of drug-likeness (QED) is 0.641. The summed E-state index contributed by atoms with van der Waals surface area (Å²) in [5.41, 5.74) is 5.01. The zero-order valence-corrected chi connectivity index (χ0v) is 19.8. The van der Waals surface area contributed by atoms with Gasteiger partial charge in [0, 0.05) is 37.1 Å². The SMILES string of the molecule is COC(=O)C1=C2Nc3ccccc3[C@]23CCN(Cc2ccccc2)[C@@H]3[C@@H](CC(C)(C)CO)C1. The fourth-order valence-corrected chi connectivity index (χ4v) is 6.63. The number of esters is 1. The van der Waals surface area contributed by atoms with Crippen molar-refractivity contribution in [3.8, 4) is 0 Å². The average molecular weight is 447 g/mol. The first-order valence-corrected chi connectivity index (χ1v) is 12.0. The molecule has 3 atom stereocenters. The summed E-state index contributed by atoms with van der Waals surface area (Å²) in [6, 6.07) is 19.4. The molecule has 0 saturated carbocycles. The topological polar surface area (TPSA) is 61.8 Å². The van der Waals surface area contributed by atoms with Crippen LogP contribution in [0.15, 0.2) is 65.9 Å². The van der Waals surface area contributed by atoms with Crippen molar-refractivity contribution in [1.82, 2.24) is 4.90 Å². The Hall–Kier alpha value is -2.63. The second-order valence-corrected chi connectivity index (χ2v) is 10.6. The zero-order valence-electron chi connectivity index (χ0n) is 19.8. The Morgan fingerprint density at radius 1 is 1.18 bits per heavy atom. The molecule has 1 fully saturated rings. The third-order valence-electron chi connectivity index (χ3n) is 7.92. The zero-order chi connectivity index (χ0) is 23.2. The van der Waals surface area contributed by atoms with Crippen LogP contribution in [0, 0.1) is 11.3 Å². The Labute approximate surface area is 196 Å². The minimum atomic E-state index is -0.261. The number of hydrogen-bond acceptors (Lipinski definition) is 5. The predicted octanol–water partition coefficient (Wildman–Crippen LogP) is 4.48. The number of nitrogens with one attached hydrogen (secondary N) is 1. The van der Waals surface area contributed by atoms with Crippen LogP contribution in [0.3, 0.4) is 0 Å². The van der Waals surface area contributed by atoms with Crippen molar-refractivity contribution >= 4 is 11.7 Å². The number of hydrogen-bond donors (Lipinski definition) is 2. The van der Waals surface area contributed by atoms with Crippen LogP contribution in [0.25, 0.3) is 0 Å². The molecule has 0 bridgehead atoms. The van der Waals surface area contributed by atoms with Crippen molar-refractivity contribution in [3.05, 3.63) is 77.0 Å². The molecule has 2 aromatic carbocycles. The highest BCUT2D eigenvalue weighted by molar-refractivity contribution is 5.93. The summed E-state index contributed by atoms with van der Waals surface area (Å²) in [6.07, 6.45) is 2.46. The normalized spacial score (nSPS) is 26.4. The average Bonchev–Trinajstić information content (AvgIpc) is 3.37. The Bertz CT molecular complexity index is 1080. The molecule has 1 spiro atoms. The number of aliphatic hydroxyl groups is 1. The smallest absolute Gasteiger partial charge is 0.335 e. The van der Waals surface area contributed by atoms with Crippen molar-refractivity contribution in [3.63, 3.8) is 0 Å². The van der Waals surface area contributed by atoms with Crippen molar-refractivity contribution < 1.29 is 14.6 Å². The molecule has 1 aliphatic carbocycles. The van der Waals surface area contributed by atoms with Gasteiger partial charge in [0.2, 0.25) is 0 Å². The van der Waals surface area contributed by atoms with Gasteiger partial charge in [0.25, 0.3) is 0 Å². The number of rotatable bonds is 6. The second-order valence-electron chi connectivity index (χ2n) is 10.6. The number of carbonyl (C=O) groups is 1. The van der Waals surface area contributed by atoms with E-state index in [-0.39, 0.29) is 35.4 Å². The number of anilines is 1. The molecule has 3 aliphatic rings. The Balaban J connectivity index is 1.66. The molecule has 0 unspecified atom stereocenters. The summed E-state index contributed by atoms with van der Waals surface area (Å²) >= 11 is 0. The highest BCUT2D eigenvalue weighted by atomic mass is 16.5. The van der Waals surface area contributed by atoms with Gasteiger partial charge in [0.1, 0.15) is 0 Å². The predicted molar refractivity (Wildman–Crippen MR) is 130 cm³/mol. The number of ether oxygens (including phenoxy) is 1. The first-order valence-electron chi connectivity index (χ1n) is 12.0. The van der Waals surface area contributed by atoms with Gasteiger partial charge in [0.05, 0.1) is 18.1 Å². The van der Waals surface area contributed by atoms with Gasteiger partial charge in [-0.15, -0.1) is 0 Å². The fourth-order valence-electron chi connectivity index (χ4n) is 6.63. The molecule has 174 valence electrons. The number of benzene rings is 2. The molecule has 5 heteroatoms. The van der Waals surface area contributed by atoms with E-state index in [2.05, 4.69) is 78.7 Å². The fraction of sp³-hybridized carbons (Fsp3) is 0.464. The maximum atomic E-state index is 13.0. The van der Waals surface area contributed by atoms with Crippen molar-refractivity contribution in [2.45, 2.75) is 51.1 Å². The summed E-state index contributed by atoms with van der Waals surface area (Å²) in [5, 5.41) is 13.7. The molecule has 1 saturated heterocycles. The largest absolute Gasteiger partial charge is 0.466 e. The maximum Gasteiger partial charge on any atom is 0.335 e. The van der Waals surface area contributed by atoms with Gasteiger partial charge in [0.15, 0.2) is 0 Å². The van der Waals surface area contributed by atoms with E-state index in [0.29, 0.717) is 6.42 Å². The highest BCUT2D eigenvalue weighted by Crippen LogP contribution is 2.60. The Morgan fingerprint density at radius 3 is 2.64 bits per heavy atom. The summed E-state index contributed by atoms with van der Waals surface area (Å²) in [7, 11) is 1.47. The molecule has 2 heterocycles. The summed E-state index contributed by atoms with van der Waals surface area (Å²) in [5.74, 6) is -0.0133. The second kappa shape index (κ2) is 8.30. The molecule has 2 aromatic rings. The number of carbonyl (C=O) groups excluding carboxylic acids is 1. The lowest BCUT2D eigenvalue weighted by Gasteiger charge is -2.47. The first-order chi connectivity index (χ1) is 15.9. The maximum absolute atomic E-state index is 13.0. The van der Waals surface area contributed by atoms with Gasteiger partial charge in [-0.25, -0.2) is 4.79 Å². The van der Waals surface area contributed by atoms with Gasteiger partial charge in [-0.3, -0.25) is 4.90 Å². The van der Waals surface area contributed by atoms with Crippen LogP contribution in [0.4, 0.5) is 5.69 Å². The van der Waals surface area contributed by atoms with Gasteiger partial charge in [-0.1, -0.05) is 62.4 Å². The van der Waals surface area contributed by atoms with Crippen LogP contribution in [-0.4, -0.2) is 42.3 Å². The molecule has 0 amide bonds. The van der Waals surface area contributed by atoms with Crippen molar-refractivity contribution in [1.29, 1.82) is 0 Å². The summed E-state index contributed by atoms with van der Waals surface area (Å²) < 4.78 is 5.27. The number of methoxy groups -OCH3 is 1. The van der Waals surface area contributed by atoms with Gasteiger partial charge in [-0.2, -0.15) is 0 Å². The van der Waals surface area contributed by atoms with E-state index in [9.17, 15) is 9.90 Å². The number of para-hydroxylation sites is 1. The summed E-state index contributed by atoms with van der Waals surface area (Å²) in [4.78, 5) is 15.6. The van der Waals surface area contributed by atoms with Gasteiger partial charge in [-0.05, 0) is 47.8 Å². The van der Waals surface area contributed by atoms with E-state index < -0.39 is 0 Å². The van der Waals surface area contributed by atoms with Crippen molar-refractivity contribution in [2.24, 2.45) is 11.3 Å². The number of nitrogens with zero attached hydrogens (tertiary/aromatic N) is 1. The van der Waals surface area contributed by atoms with Crippen LogP contribution in [-0.2, 0) is 21.5 Å². The molecule has 2 aliphatic heterocycles. The van der Waals surface area contributed by atoms with Gasteiger partial charge >= 0.3 is 5.97 Å². The molecular weight excluding hydrogens is 412 g/mol. The molecule has 5 nitrogen and oxygen atoms in total. The third-order valence-corrected chi connectivity index (χ3v) is 7.92. The molecule has 5 rings (SSSR count). The lowest BCUT2D eigenvalue weighted by molar-refractivity contribution is -0.136. The Morgan fingerprint density at radius 2 is 1.91 bits per heavy atom. The van der Waals surface area contributed by atoms with Crippen LogP contribution in [0.5, 0.6) is 0 Å². The van der Waals surface area contributed by atoms with E-state index >= 15 is 0 Å². The van der Waals surface area contributed by atoms with E-state index in [0.717, 1.165) is 42.9 Å². The number of aliphatic hydroxyl groups excluding tert-OH is 1. The van der Waals surface area contributed by atoms with E-state index in [1.807, 2.05) is 0 Å². The number of likely N-dealkylation sites (tertiary alicyclic amines) is 1. The Kier molecular flexibility index (Phi) is 5.58. The van der Waals surface area contributed by atoms with E-state index in [1.54, 1.807) is 0 Å². The molecule has 0 aromatic heterocycles.